The van der Waals surface area contributed by atoms with Crippen molar-refractivity contribution in [1.82, 2.24) is 20.4 Å². The lowest BCUT2D eigenvalue weighted by molar-refractivity contribution is -0.127. The van der Waals surface area contributed by atoms with Gasteiger partial charge in [0.25, 0.3) is 0 Å². The Hall–Kier alpha value is -1.43. The lowest BCUT2D eigenvalue weighted by Crippen LogP contribution is -2.43. The molecule has 0 spiro atoms. The Morgan fingerprint density at radius 1 is 1.43 bits per heavy atom. The quantitative estimate of drug-likeness (QED) is 0.894. The first-order valence-corrected chi connectivity index (χ1v) is 7.97. The Morgan fingerprint density at radius 2 is 2.24 bits per heavy atom. The van der Waals surface area contributed by atoms with Crippen LogP contribution in [0.2, 0.25) is 0 Å². The molecule has 0 bridgehead atoms. The molecule has 1 aromatic rings. The van der Waals surface area contributed by atoms with Crippen molar-refractivity contribution in [1.29, 1.82) is 0 Å². The minimum Gasteiger partial charge on any atom is -0.353 e. The van der Waals surface area contributed by atoms with Crippen LogP contribution < -0.4 is 5.32 Å². The number of piperidine rings is 1. The van der Waals surface area contributed by atoms with Crippen LogP contribution in [0.1, 0.15) is 57.2 Å². The molecule has 2 fully saturated rings. The molecule has 2 heterocycles. The SMILES string of the molecule is CC(C)c1noc(CN2CCCC(C(=O)NC3CC3)C2)n1. The zero-order chi connectivity index (χ0) is 14.8. The van der Waals surface area contributed by atoms with Gasteiger partial charge < -0.3 is 9.84 Å². The topological polar surface area (TPSA) is 71.3 Å². The number of carbonyl (C=O) groups is 1. The van der Waals surface area contributed by atoms with Crippen molar-refractivity contribution >= 4 is 5.91 Å². The molecule has 3 rings (SSSR count). The van der Waals surface area contributed by atoms with Gasteiger partial charge in [-0.2, -0.15) is 4.98 Å². The smallest absolute Gasteiger partial charge is 0.240 e. The molecule has 1 saturated heterocycles. The van der Waals surface area contributed by atoms with E-state index in [0.717, 1.165) is 44.6 Å². The van der Waals surface area contributed by atoms with Gasteiger partial charge in [-0.05, 0) is 32.2 Å². The van der Waals surface area contributed by atoms with Gasteiger partial charge in [-0.25, -0.2) is 0 Å². The average Bonchev–Trinajstić information content (AvgIpc) is 3.14. The van der Waals surface area contributed by atoms with Gasteiger partial charge >= 0.3 is 0 Å². The van der Waals surface area contributed by atoms with Crippen LogP contribution in [0.15, 0.2) is 4.52 Å². The molecule has 1 atom stereocenters. The molecular weight excluding hydrogens is 268 g/mol. The first-order valence-electron chi connectivity index (χ1n) is 7.97. The monoisotopic (exact) mass is 292 g/mol. The Labute approximate surface area is 125 Å². The third kappa shape index (κ3) is 3.81. The van der Waals surface area contributed by atoms with E-state index in [1.54, 1.807) is 0 Å². The van der Waals surface area contributed by atoms with Gasteiger partial charge in [0.15, 0.2) is 5.82 Å². The summed E-state index contributed by atoms with van der Waals surface area (Å²) in [5.41, 5.74) is 0. The number of carbonyl (C=O) groups excluding carboxylic acids is 1. The fraction of sp³-hybridized carbons (Fsp3) is 0.800. The number of hydrogen-bond donors (Lipinski definition) is 1. The van der Waals surface area contributed by atoms with Gasteiger partial charge in [-0.15, -0.1) is 0 Å². The second-order valence-corrected chi connectivity index (χ2v) is 6.56. The van der Waals surface area contributed by atoms with Gasteiger partial charge in [0.05, 0.1) is 12.5 Å². The summed E-state index contributed by atoms with van der Waals surface area (Å²) in [7, 11) is 0. The van der Waals surface area contributed by atoms with E-state index >= 15 is 0 Å². The molecule has 2 aliphatic rings. The third-order valence-corrected chi connectivity index (χ3v) is 4.16. The van der Waals surface area contributed by atoms with Gasteiger partial charge in [0, 0.05) is 18.5 Å². The lowest BCUT2D eigenvalue weighted by Gasteiger charge is -2.30. The second-order valence-electron chi connectivity index (χ2n) is 6.56. The van der Waals surface area contributed by atoms with Gasteiger partial charge in [-0.3, -0.25) is 9.69 Å². The Kier molecular flexibility index (Phi) is 4.24. The van der Waals surface area contributed by atoms with Crippen molar-refractivity contribution < 1.29 is 9.32 Å². The first-order chi connectivity index (χ1) is 10.1. The summed E-state index contributed by atoms with van der Waals surface area (Å²) in [6.45, 7) is 6.53. The summed E-state index contributed by atoms with van der Waals surface area (Å²) in [5, 5.41) is 7.10. The molecule has 1 aliphatic carbocycles. The minimum absolute atomic E-state index is 0.104. The lowest BCUT2D eigenvalue weighted by atomic mass is 9.97. The van der Waals surface area contributed by atoms with E-state index in [0.29, 0.717) is 18.5 Å². The van der Waals surface area contributed by atoms with Crippen LogP contribution in [0, 0.1) is 5.92 Å². The highest BCUT2D eigenvalue weighted by atomic mass is 16.5. The van der Waals surface area contributed by atoms with Crippen LogP contribution in [0.4, 0.5) is 0 Å². The molecule has 1 N–H and O–H groups in total. The standard InChI is InChI=1S/C15H24N4O2/c1-10(2)14-17-13(21-18-14)9-19-7-3-4-11(8-19)15(20)16-12-5-6-12/h10-12H,3-9H2,1-2H3,(H,16,20). The summed E-state index contributed by atoms with van der Waals surface area (Å²) in [5.74, 6) is 2.01. The van der Waals surface area contributed by atoms with Crippen molar-refractivity contribution in [2.75, 3.05) is 13.1 Å². The minimum atomic E-state index is 0.104. The molecule has 6 heteroatoms. The van der Waals surface area contributed by atoms with Crippen molar-refractivity contribution in [2.24, 2.45) is 5.92 Å². The zero-order valence-corrected chi connectivity index (χ0v) is 12.8. The average molecular weight is 292 g/mol. The summed E-state index contributed by atoms with van der Waals surface area (Å²) in [6, 6.07) is 0.442. The normalized spacial score (nSPS) is 23.5. The van der Waals surface area contributed by atoms with E-state index < -0.39 is 0 Å². The Balaban J connectivity index is 1.53. The second kappa shape index (κ2) is 6.13. The maximum atomic E-state index is 12.2. The Morgan fingerprint density at radius 3 is 2.90 bits per heavy atom. The highest BCUT2D eigenvalue weighted by Gasteiger charge is 2.30. The van der Waals surface area contributed by atoms with Crippen molar-refractivity contribution in [3.8, 4) is 0 Å². The van der Waals surface area contributed by atoms with Crippen LogP contribution in [-0.2, 0) is 11.3 Å². The fourth-order valence-electron chi connectivity index (χ4n) is 2.72. The molecule has 116 valence electrons. The molecule has 1 saturated carbocycles. The molecule has 0 radical (unpaired) electrons. The van der Waals surface area contributed by atoms with E-state index in [1.807, 2.05) is 13.8 Å². The maximum absolute atomic E-state index is 12.2. The van der Waals surface area contributed by atoms with Crippen LogP contribution in [0.3, 0.4) is 0 Å². The van der Waals surface area contributed by atoms with Gasteiger partial charge in [-0.1, -0.05) is 19.0 Å². The van der Waals surface area contributed by atoms with Crippen molar-refractivity contribution in [3.63, 3.8) is 0 Å². The van der Waals surface area contributed by atoms with E-state index in [9.17, 15) is 4.79 Å². The van der Waals surface area contributed by atoms with Crippen LogP contribution in [0.5, 0.6) is 0 Å². The number of hydrogen-bond acceptors (Lipinski definition) is 5. The van der Waals surface area contributed by atoms with Crippen LogP contribution in [-0.4, -0.2) is 40.1 Å². The number of amides is 1. The first kappa shape index (κ1) is 14.5. The molecule has 0 aromatic carbocycles. The van der Waals surface area contributed by atoms with Crippen molar-refractivity contribution in [2.45, 2.75) is 58.0 Å². The van der Waals surface area contributed by atoms with Gasteiger partial charge in [0.1, 0.15) is 0 Å². The Bertz CT molecular complexity index is 496. The predicted octanol–water partition coefficient (Wildman–Crippen LogP) is 1.68. The highest BCUT2D eigenvalue weighted by Crippen LogP contribution is 2.23. The molecule has 1 amide bonds. The van der Waals surface area contributed by atoms with E-state index in [-0.39, 0.29) is 17.7 Å². The molecule has 1 aliphatic heterocycles. The maximum Gasteiger partial charge on any atom is 0.240 e. The fourth-order valence-corrected chi connectivity index (χ4v) is 2.72. The summed E-state index contributed by atoms with van der Waals surface area (Å²) < 4.78 is 5.30. The van der Waals surface area contributed by atoms with E-state index in [2.05, 4.69) is 20.4 Å². The molecule has 1 unspecified atom stereocenters. The van der Waals surface area contributed by atoms with Crippen LogP contribution >= 0.6 is 0 Å². The molecular formula is C15H24N4O2. The largest absolute Gasteiger partial charge is 0.353 e. The number of rotatable bonds is 5. The van der Waals surface area contributed by atoms with Crippen molar-refractivity contribution in [3.05, 3.63) is 11.7 Å². The van der Waals surface area contributed by atoms with E-state index in [1.165, 1.54) is 0 Å². The molecule has 1 aromatic heterocycles. The highest BCUT2D eigenvalue weighted by molar-refractivity contribution is 5.79. The van der Waals surface area contributed by atoms with E-state index in [4.69, 9.17) is 4.52 Å². The van der Waals surface area contributed by atoms with Crippen LogP contribution in [0.25, 0.3) is 0 Å². The number of aromatic nitrogens is 2. The zero-order valence-electron chi connectivity index (χ0n) is 12.8. The van der Waals surface area contributed by atoms with Gasteiger partial charge in [0.2, 0.25) is 11.8 Å². The molecule has 6 nitrogen and oxygen atoms in total. The number of nitrogens with zero attached hydrogens (tertiary/aromatic N) is 3. The third-order valence-electron chi connectivity index (χ3n) is 4.16. The predicted molar refractivity (Wildman–Crippen MR) is 77.6 cm³/mol. The summed E-state index contributed by atoms with van der Waals surface area (Å²) in [4.78, 5) is 18.8. The number of likely N-dealkylation sites (tertiary alicyclic amines) is 1. The molecule has 21 heavy (non-hydrogen) atoms. The number of nitrogens with one attached hydrogen (secondary N) is 1. The summed E-state index contributed by atoms with van der Waals surface area (Å²) >= 11 is 0. The summed E-state index contributed by atoms with van der Waals surface area (Å²) in [6.07, 6.45) is 4.31.